The Kier molecular flexibility index (Phi) is 3.28. The van der Waals surface area contributed by atoms with Gasteiger partial charge in [-0.15, -0.1) is 0 Å². The summed E-state index contributed by atoms with van der Waals surface area (Å²) >= 11 is 1.84. The van der Waals surface area contributed by atoms with E-state index in [1.807, 2.05) is 43.8 Å². The van der Waals surface area contributed by atoms with Gasteiger partial charge < -0.3 is 9.84 Å². The van der Waals surface area contributed by atoms with Crippen LogP contribution in [0.5, 0.6) is 0 Å². The van der Waals surface area contributed by atoms with Gasteiger partial charge in [-0.3, -0.25) is 0 Å². The number of carbonyl (C=O) groups is 1. The van der Waals surface area contributed by atoms with E-state index in [1.54, 1.807) is 0 Å². The van der Waals surface area contributed by atoms with E-state index in [4.69, 9.17) is 4.74 Å². The third-order valence-corrected chi connectivity index (χ3v) is 5.10. The fourth-order valence-corrected chi connectivity index (χ4v) is 4.13. The molecule has 1 aromatic carbocycles. The molecule has 0 unspecified atom stereocenters. The number of carbonyl (C=O) groups excluding carboxylic acids is 1. The Morgan fingerprint density at radius 3 is 2.60 bits per heavy atom. The van der Waals surface area contributed by atoms with E-state index in [9.17, 15) is 9.90 Å². The van der Waals surface area contributed by atoms with E-state index >= 15 is 0 Å². The minimum Gasteiger partial charge on any atom is -0.507 e. The van der Waals surface area contributed by atoms with Gasteiger partial charge in [0, 0.05) is 12.8 Å². The van der Waals surface area contributed by atoms with Crippen molar-refractivity contribution in [2.24, 2.45) is 0 Å². The van der Waals surface area contributed by atoms with Crippen LogP contribution in [0.2, 0.25) is 0 Å². The third kappa shape index (κ3) is 2.03. The molecule has 0 atom stereocenters. The van der Waals surface area contributed by atoms with Gasteiger partial charge in [0.15, 0.2) is 11.4 Å². The maximum atomic E-state index is 12.2. The Balaban J connectivity index is 2.09. The van der Waals surface area contributed by atoms with Crippen LogP contribution in [0.15, 0.2) is 24.0 Å². The molecule has 3 nitrogen and oxygen atoms in total. The summed E-state index contributed by atoms with van der Waals surface area (Å²) in [6.45, 7) is 3.97. The third-order valence-electron chi connectivity index (χ3n) is 4.11. The number of thioether (sulfide) groups is 1. The SMILES string of the molecule is Cc1ccc(C2=C(O)C3(CCSCC3)OC2=O)c(C)c1. The predicted octanol–water partition coefficient (Wildman–Crippen LogP) is 3.40. The standard InChI is InChI=1S/C16H18O3S/c1-10-3-4-12(11(2)9-10)13-14(17)16(19-15(13)18)5-7-20-8-6-16/h3-4,9,17H,5-8H2,1-2H3. The number of rotatable bonds is 1. The smallest absolute Gasteiger partial charge is 0.343 e. The molecule has 0 saturated carbocycles. The molecule has 4 heteroatoms. The van der Waals surface area contributed by atoms with Crippen LogP contribution in [-0.4, -0.2) is 28.2 Å². The van der Waals surface area contributed by atoms with Gasteiger partial charge in [0.25, 0.3) is 0 Å². The van der Waals surface area contributed by atoms with Gasteiger partial charge in [-0.05, 0) is 36.5 Å². The minimum absolute atomic E-state index is 0.134. The number of hydrogen-bond acceptors (Lipinski definition) is 4. The van der Waals surface area contributed by atoms with Gasteiger partial charge in [-0.1, -0.05) is 23.8 Å². The van der Waals surface area contributed by atoms with Crippen LogP contribution in [0.25, 0.3) is 5.57 Å². The minimum atomic E-state index is -0.769. The molecular weight excluding hydrogens is 272 g/mol. The van der Waals surface area contributed by atoms with Gasteiger partial charge in [0.05, 0.1) is 0 Å². The first-order valence-electron chi connectivity index (χ1n) is 6.86. The van der Waals surface area contributed by atoms with Gasteiger partial charge in [0.2, 0.25) is 0 Å². The van der Waals surface area contributed by atoms with Gasteiger partial charge in [-0.25, -0.2) is 4.79 Å². The summed E-state index contributed by atoms with van der Waals surface area (Å²) < 4.78 is 5.58. The Labute approximate surface area is 123 Å². The van der Waals surface area contributed by atoms with Crippen molar-refractivity contribution in [3.05, 3.63) is 40.6 Å². The Bertz CT molecular complexity index is 598. The summed E-state index contributed by atoms with van der Waals surface area (Å²) in [7, 11) is 0. The lowest BCUT2D eigenvalue weighted by Gasteiger charge is -2.31. The molecule has 0 aliphatic carbocycles. The molecule has 106 valence electrons. The van der Waals surface area contributed by atoms with Crippen molar-refractivity contribution in [1.29, 1.82) is 0 Å². The maximum absolute atomic E-state index is 12.2. The molecule has 0 amide bonds. The predicted molar refractivity (Wildman–Crippen MR) is 80.8 cm³/mol. The van der Waals surface area contributed by atoms with Crippen LogP contribution in [0.1, 0.15) is 29.5 Å². The molecule has 2 aliphatic heterocycles. The van der Waals surface area contributed by atoms with E-state index in [2.05, 4.69) is 0 Å². The average molecular weight is 290 g/mol. The number of ether oxygens (including phenoxy) is 1. The molecule has 1 fully saturated rings. The van der Waals surface area contributed by atoms with E-state index in [1.165, 1.54) is 0 Å². The maximum Gasteiger partial charge on any atom is 0.343 e. The van der Waals surface area contributed by atoms with Crippen molar-refractivity contribution in [3.8, 4) is 0 Å². The summed E-state index contributed by atoms with van der Waals surface area (Å²) in [5.74, 6) is 1.57. The lowest BCUT2D eigenvalue weighted by Crippen LogP contribution is -2.36. The molecule has 1 N–H and O–H groups in total. The highest BCUT2D eigenvalue weighted by molar-refractivity contribution is 7.99. The van der Waals surface area contributed by atoms with Gasteiger partial charge in [-0.2, -0.15) is 11.8 Å². The number of aliphatic hydroxyl groups is 1. The fraction of sp³-hybridized carbons (Fsp3) is 0.438. The number of hydrogen-bond donors (Lipinski definition) is 1. The van der Waals surface area contributed by atoms with E-state index in [0.29, 0.717) is 18.4 Å². The van der Waals surface area contributed by atoms with E-state index in [-0.39, 0.29) is 11.7 Å². The van der Waals surface area contributed by atoms with Crippen LogP contribution in [-0.2, 0) is 9.53 Å². The van der Waals surface area contributed by atoms with Gasteiger partial charge >= 0.3 is 5.97 Å². The van der Waals surface area contributed by atoms with Crippen LogP contribution < -0.4 is 0 Å². The van der Waals surface area contributed by atoms with Crippen molar-refractivity contribution in [2.45, 2.75) is 32.3 Å². The molecule has 1 saturated heterocycles. The molecule has 2 aliphatic rings. The second-order valence-electron chi connectivity index (χ2n) is 5.54. The molecule has 20 heavy (non-hydrogen) atoms. The van der Waals surface area contributed by atoms with Crippen molar-refractivity contribution < 1.29 is 14.6 Å². The lowest BCUT2D eigenvalue weighted by molar-refractivity contribution is -0.147. The molecule has 1 aromatic rings. The first-order chi connectivity index (χ1) is 9.53. The van der Waals surface area contributed by atoms with E-state index < -0.39 is 5.60 Å². The van der Waals surface area contributed by atoms with Gasteiger partial charge in [0.1, 0.15) is 5.57 Å². The number of aliphatic hydroxyl groups excluding tert-OH is 1. The van der Waals surface area contributed by atoms with Crippen LogP contribution in [0, 0.1) is 13.8 Å². The lowest BCUT2D eigenvalue weighted by atomic mass is 9.90. The Morgan fingerprint density at radius 2 is 1.95 bits per heavy atom. The number of benzene rings is 1. The molecule has 3 rings (SSSR count). The Hall–Kier alpha value is -1.42. The summed E-state index contributed by atoms with van der Waals surface area (Å²) in [5, 5.41) is 10.6. The van der Waals surface area contributed by atoms with Crippen molar-refractivity contribution in [3.63, 3.8) is 0 Å². The Morgan fingerprint density at radius 1 is 1.25 bits per heavy atom. The highest BCUT2D eigenvalue weighted by Crippen LogP contribution is 2.44. The summed E-state index contributed by atoms with van der Waals surface area (Å²) in [6, 6.07) is 5.87. The highest BCUT2D eigenvalue weighted by atomic mass is 32.2. The molecule has 0 bridgehead atoms. The first-order valence-corrected chi connectivity index (χ1v) is 8.01. The largest absolute Gasteiger partial charge is 0.507 e. The second-order valence-corrected chi connectivity index (χ2v) is 6.76. The quantitative estimate of drug-likeness (QED) is 0.805. The first kappa shape index (κ1) is 13.6. The number of aryl methyl sites for hydroxylation is 2. The average Bonchev–Trinajstić information content (AvgIpc) is 2.63. The molecule has 0 radical (unpaired) electrons. The van der Waals surface area contributed by atoms with Crippen LogP contribution >= 0.6 is 11.8 Å². The summed E-state index contributed by atoms with van der Waals surface area (Å²) in [4.78, 5) is 12.2. The molecule has 2 heterocycles. The fourth-order valence-electron chi connectivity index (χ4n) is 2.97. The van der Waals surface area contributed by atoms with Crippen molar-refractivity contribution in [1.82, 2.24) is 0 Å². The highest BCUT2D eigenvalue weighted by Gasteiger charge is 2.49. The zero-order chi connectivity index (χ0) is 14.3. The zero-order valence-corrected chi connectivity index (χ0v) is 12.5. The second kappa shape index (κ2) is 4.85. The topological polar surface area (TPSA) is 46.5 Å². The molecular formula is C16H18O3S. The monoisotopic (exact) mass is 290 g/mol. The van der Waals surface area contributed by atoms with E-state index in [0.717, 1.165) is 28.2 Å². The summed E-state index contributed by atoms with van der Waals surface area (Å²) in [6.07, 6.45) is 1.40. The zero-order valence-electron chi connectivity index (χ0n) is 11.7. The normalized spacial score (nSPS) is 21.4. The molecule has 1 spiro atoms. The van der Waals surface area contributed by atoms with Crippen LogP contribution in [0.3, 0.4) is 0 Å². The summed E-state index contributed by atoms with van der Waals surface area (Å²) in [5.41, 5.74) is 2.50. The van der Waals surface area contributed by atoms with Crippen LogP contribution in [0.4, 0.5) is 0 Å². The molecule has 0 aromatic heterocycles. The number of esters is 1. The van der Waals surface area contributed by atoms with Crippen molar-refractivity contribution in [2.75, 3.05) is 11.5 Å². The van der Waals surface area contributed by atoms with Crippen molar-refractivity contribution >= 4 is 23.3 Å².